The SMILES string of the molecule is CCCCNS(=O)(=O)[C@H](C)c1ccccc1. The predicted octanol–water partition coefficient (Wildman–Crippen LogP) is 2.47. The summed E-state index contributed by atoms with van der Waals surface area (Å²) >= 11 is 0. The van der Waals surface area contributed by atoms with E-state index in [1.807, 2.05) is 37.3 Å². The molecule has 90 valence electrons. The van der Waals surface area contributed by atoms with Gasteiger partial charge in [-0.25, -0.2) is 13.1 Å². The fourth-order valence-electron chi connectivity index (χ4n) is 1.42. The molecule has 0 saturated heterocycles. The highest BCUT2D eigenvalue weighted by atomic mass is 32.2. The van der Waals surface area contributed by atoms with Crippen molar-refractivity contribution in [2.45, 2.75) is 31.9 Å². The number of hydrogen-bond donors (Lipinski definition) is 1. The molecular weight excluding hydrogens is 222 g/mol. The van der Waals surface area contributed by atoms with E-state index in [1.165, 1.54) is 0 Å². The fourth-order valence-corrected chi connectivity index (χ4v) is 2.61. The lowest BCUT2D eigenvalue weighted by Gasteiger charge is -2.13. The van der Waals surface area contributed by atoms with E-state index < -0.39 is 15.3 Å². The number of rotatable bonds is 6. The molecule has 1 aromatic carbocycles. The lowest BCUT2D eigenvalue weighted by Crippen LogP contribution is -2.28. The van der Waals surface area contributed by atoms with Crippen molar-refractivity contribution in [3.05, 3.63) is 35.9 Å². The maximum atomic E-state index is 11.9. The van der Waals surface area contributed by atoms with Gasteiger partial charge >= 0.3 is 0 Å². The van der Waals surface area contributed by atoms with Crippen molar-refractivity contribution in [1.29, 1.82) is 0 Å². The van der Waals surface area contributed by atoms with Gasteiger partial charge in [-0.15, -0.1) is 0 Å². The molecule has 0 heterocycles. The Bertz CT molecular complexity index is 400. The Morgan fingerprint density at radius 3 is 2.44 bits per heavy atom. The van der Waals surface area contributed by atoms with E-state index in [0.717, 1.165) is 18.4 Å². The van der Waals surface area contributed by atoms with Gasteiger partial charge in [0.25, 0.3) is 0 Å². The molecule has 0 aromatic heterocycles. The van der Waals surface area contributed by atoms with E-state index in [-0.39, 0.29) is 0 Å². The standard InChI is InChI=1S/C12H19NO2S/c1-3-4-10-13-16(14,15)11(2)12-8-6-5-7-9-12/h5-9,11,13H,3-4,10H2,1-2H3/t11-/m1/s1. The quantitative estimate of drug-likeness (QED) is 0.778. The van der Waals surface area contributed by atoms with Crippen LogP contribution < -0.4 is 4.72 Å². The first-order valence-corrected chi connectivity index (χ1v) is 7.16. The van der Waals surface area contributed by atoms with Crippen molar-refractivity contribution in [2.75, 3.05) is 6.54 Å². The second kappa shape index (κ2) is 6.01. The third-order valence-electron chi connectivity index (χ3n) is 2.57. The van der Waals surface area contributed by atoms with Crippen molar-refractivity contribution in [1.82, 2.24) is 4.72 Å². The largest absolute Gasteiger partial charge is 0.218 e. The van der Waals surface area contributed by atoms with Crippen LogP contribution in [0.25, 0.3) is 0 Å². The summed E-state index contributed by atoms with van der Waals surface area (Å²) in [5, 5.41) is -0.495. The van der Waals surface area contributed by atoms with Gasteiger partial charge in [-0.1, -0.05) is 43.7 Å². The van der Waals surface area contributed by atoms with Gasteiger partial charge in [0, 0.05) is 6.54 Å². The van der Waals surface area contributed by atoms with Crippen LogP contribution in [0.3, 0.4) is 0 Å². The average molecular weight is 241 g/mol. The average Bonchev–Trinajstić information content (AvgIpc) is 2.29. The highest BCUT2D eigenvalue weighted by molar-refractivity contribution is 7.89. The van der Waals surface area contributed by atoms with Crippen molar-refractivity contribution in [3.8, 4) is 0 Å². The number of benzene rings is 1. The van der Waals surface area contributed by atoms with Crippen LogP contribution in [0, 0.1) is 0 Å². The summed E-state index contributed by atoms with van der Waals surface area (Å²) in [6.45, 7) is 4.27. The topological polar surface area (TPSA) is 46.2 Å². The van der Waals surface area contributed by atoms with Crippen LogP contribution in [0.15, 0.2) is 30.3 Å². The molecule has 0 spiro atoms. The molecule has 1 aromatic rings. The molecule has 0 radical (unpaired) electrons. The van der Waals surface area contributed by atoms with Crippen LogP contribution in [-0.2, 0) is 10.0 Å². The summed E-state index contributed by atoms with van der Waals surface area (Å²) in [5.41, 5.74) is 0.825. The molecule has 0 unspecified atom stereocenters. The minimum atomic E-state index is -3.24. The Balaban J connectivity index is 2.69. The highest BCUT2D eigenvalue weighted by Crippen LogP contribution is 2.19. The van der Waals surface area contributed by atoms with Gasteiger partial charge in [-0.2, -0.15) is 0 Å². The zero-order valence-electron chi connectivity index (χ0n) is 9.81. The van der Waals surface area contributed by atoms with Gasteiger partial charge in [0.15, 0.2) is 0 Å². The van der Waals surface area contributed by atoms with Crippen molar-refractivity contribution < 1.29 is 8.42 Å². The molecule has 0 fully saturated rings. The summed E-state index contributed by atoms with van der Waals surface area (Å²) in [4.78, 5) is 0. The van der Waals surface area contributed by atoms with Crippen molar-refractivity contribution in [3.63, 3.8) is 0 Å². The molecule has 0 aliphatic heterocycles. The smallest absolute Gasteiger partial charge is 0.215 e. The lowest BCUT2D eigenvalue weighted by molar-refractivity contribution is 0.568. The van der Waals surface area contributed by atoms with Crippen LogP contribution >= 0.6 is 0 Å². The van der Waals surface area contributed by atoms with E-state index in [4.69, 9.17) is 0 Å². The molecule has 0 aliphatic rings. The van der Waals surface area contributed by atoms with Crippen LogP contribution in [0.2, 0.25) is 0 Å². The highest BCUT2D eigenvalue weighted by Gasteiger charge is 2.21. The van der Waals surface area contributed by atoms with E-state index in [1.54, 1.807) is 6.92 Å². The summed E-state index contributed by atoms with van der Waals surface area (Å²) in [6, 6.07) is 9.27. The van der Waals surface area contributed by atoms with E-state index >= 15 is 0 Å². The number of nitrogens with one attached hydrogen (secondary N) is 1. The van der Waals surface area contributed by atoms with Gasteiger partial charge in [-0.05, 0) is 18.9 Å². The Labute approximate surface area is 97.9 Å². The van der Waals surface area contributed by atoms with Crippen LogP contribution in [0.4, 0.5) is 0 Å². The maximum Gasteiger partial charge on any atom is 0.218 e. The monoisotopic (exact) mass is 241 g/mol. The minimum Gasteiger partial charge on any atom is -0.215 e. The molecular formula is C12H19NO2S. The number of unbranched alkanes of at least 4 members (excludes halogenated alkanes) is 1. The normalized spacial score (nSPS) is 13.6. The van der Waals surface area contributed by atoms with Crippen molar-refractivity contribution >= 4 is 10.0 Å². The Morgan fingerprint density at radius 2 is 1.88 bits per heavy atom. The molecule has 1 atom stereocenters. The lowest BCUT2D eigenvalue weighted by atomic mass is 10.2. The fraction of sp³-hybridized carbons (Fsp3) is 0.500. The van der Waals surface area contributed by atoms with Crippen LogP contribution in [0.1, 0.15) is 37.5 Å². The van der Waals surface area contributed by atoms with E-state index in [2.05, 4.69) is 4.72 Å². The summed E-state index contributed by atoms with van der Waals surface area (Å²) < 4.78 is 26.4. The first-order valence-electron chi connectivity index (χ1n) is 5.61. The minimum absolute atomic E-state index is 0.495. The molecule has 0 amide bonds. The third-order valence-corrected chi connectivity index (χ3v) is 4.38. The molecule has 0 aliphatic carbocycles. The molecule has 1 rings (SSSR count). The first kappa shape index (κ1) is 13.2. The summed E-state index contributed by atoms with van der Waals surface area (Å²) in [6.07, 6.45) is 1.86. The molecule has 0 saturated carbocycles. The molecule has 16 heavy (non-hydrogen) atoms. The van der Waals surface area contributed by atoms with Crippen LogP contribution in [-0.4, -0.2) is 15.0 Å². The number of hydrogen-bond acceptors (Lipinski definition) is 2. The zero-order valence-corrected chi connectivity index (χ0v) is 10.6. The van der Waals surface area contributed by atoms with Gasteiger partial charge in [0.2, 0.25) is 10.0 Å². The summed E-state index contributed by atoms with van der Waals surface area (Å²) in [7, 11) is -3.24. The Kier molecular flexibility index (Phi) is 4.96. The molecule has 4 heteroatoms. The van der Waals surface area contributed by atoms with Gasteiger partial charge < -0.3 is 0 Å². The van der Waals surface area contributed by atoms with Gasteiger partial charge in [-0.3, -0.25) is 0 Å². The second-order valence-electron chi connectivity index (χ2n) is 3.85. The summed E-state index contributed by atoms with van der Waals surface area (Å²) in [5.74, 6) is 0. The maximum absolute atomic E-state index is 11.9. The molecule has 1 N–H and O–H groups in total. The molecule has 0 bridgehead atoms. The van der Waals surface area contributed by atoms with Gasteiger partial charge in [0.1, 0.15) is 0 Å². The molecule has 3 nitrogen and oxygen atoms in total. The van der Waals surface area contributed by atoms with Crippen LogP contribution in [0.5, 0.6) is 0 Å². The third kappa shape index (κ3) is 3.61. The van der Waals surface area contributed by atoms with E-state index in [0.29, 0.717) is 6.54 Å². The predicted molar refractivity (Wildman–Crippen MR) is 66.7 cm³/mol. The Hall–Kier alpha value is -0.870. The Morgan fingerprint density at radius 1 is 1.25 bits per heavy atom. The van der Waals surface area contributed by atoms with Crippen molar-refractivity contribution in [2.24, 2.45) is 0 Å². The zero-order chi connectivity index (χ0) is 12.0. The first-order chi connectivity index (χ1) is 7.58. The van der Waals surface area contributed by atoms with Gasteiger partial charge in [0.05, 0.1) is 5.25 Å². The number of sulfonamides is 1. The second-order valence-corrected chi connectivity index (χ2v) is 5.93. The van der Waals surface area contributed by atoms with E-state index in [9.17, 15) is 8.42 Å².